The predicted molar refractivity (Wildman–Crippen MR) is 90.5 cm³/mol. The highest BCUT2D eigenvalue weighted by molar-refractivity contribution is 6.34. The van der Waals surface area contributed by atoms with Gasteiger partial charge in [-0.3, -0.25) is 4.79 Å². The number of carbonyl (C=O) groups excluding carboxylic acids is 1. The van der Waals surface area contributed by atoms with Crippen LogP contribution in [-0.2, 0) is 0 Å². The standard InChI is InChI=1S/C20H15ClO/c21-18-14-8-7-13-17(18)20(22)19(15-9-3-1-4-10-15)16-11-5-2-6-12-16/h1-14,19H. The molecule has 0 aromatic heterocycles. The summed E-state index contributed by atoms with van der Waals surface area (Å²) < 4.78 is 0. The first kappa shape index (κ1) is 14.6. The fourth-order valence-electron chi connectivity index (χ4n) is 2.60. The van der Waals surface area contributed by atoms with E-state index in [4.69, 9.17) is 11.6 Å². The van der Waals surface area contributed by atoms with Crippen LogP contribution in [0.4, 0.5) is 0 Å². The van der Waals surface area contributed by atoms with E-state index < -0.39 is 0 Å². The van der Waals surface area contributed by atoms with Crippen LogP contribution in [0.5, 0.6) is 0 Å². The van der Waals surface area contributed by atoms with E-state index in [1.54, 1.807) is 12.1 Å². The van der Waals surface area contributed by atoms with Gasteiger partial charge >= 0.3 is 0 Å². The summed E-state index contributed by atoms with van der Waals surface area (Å²) in [6, 6.07) is 26.8. The molecule has 0 spiro atoms. The highest BCUT2D eigenvalue weighted by Gasteiger charge is 2.25. The lowest BCUT2D eigenvalue weighted by atomic mass is 9.85. The van der Waals surface area contributed by atoms with E-state index in [1.165, 1.54) is 0 Å². The molecule has 0 amide bonds. The van der Waals surface area contributed by atoms with Crippen molar-refractivity contribution in [1.82, 2.24) is 0 Å². The van der Waals surface area contributed by atoms with Gasteiger partial charge in [0.15, 0.2) is 5.78 Å². The van der Waals surface area contributed by atoms with Crippen molar-refractivity contribution in [3.05, 3.63) is 107 Å². The summed E-state index contributed by atoms with van der Waals surface area (Å²) >= 11 is 6.22. The van der Waals surface area contributed by atoms with Gasteiger partial charge in [0, 0.05) is 5.56 Å². The predicted octanol–water partition coefficient (Wildman–Crippen LogP) is 5.35. The van der Waals surface area contributed by atoms with E-state index >= 15 is 0 Å². The van der Waals surface area contributed by atoms with Crippen LogP contribution >= 0.6 is 11.6 Å². The lowest BCUT2D eigenvalue weighted by molar-refractivity contribution is 0.0974. The highest BCUT2D eigenvalue weighted by Crippen LogP contribution is 2.30. The lowest BCUT2D eigenvalue weighted by Crippen LogP contribution is -2.15. The normalized spacial score (nSPS) is 10.6. The van der Waals surface area contributed by atoms with Crippen molar-refractivity contribution >= 4 is 17.4 Å². The van der Waals surface area contributed by atoms with Gasteiger partial charge < -0.3 is 0 Å². The second kappa shape index (κ2) is 6.59. The molecular formula is C20H15ClO. The van der Waals surface area contributed by atoms with Gasteiger partial charge in [0.1, 0.15) is 0 Å². The van der Waals surface area contributed by atoms with Crippen LogP contribution in [0, 0.1) is 0 Å². The van der Waals surface area contributed by atoms with Crippen LogP contribution in [0.1, 0.15) is 27.4 Å². The Morgan fingerprint density at radius 1 is 0.682 bits per heavy atom. The van der Waals surface area contributed by atoms with Gasteiger partial charge in [-0.25, -0.2) is 0 Å². The molecule has 0 bridgehead atoms. The zero-order chi connectivity index (χ0) is 15.4. The average Bonchev–Trinajstić information content (AvgIpc) is 2.57. The number of hydrogen-bond donors (Lipinski definition) is 0. The number of carbonyl (C=O) groups is 1. The van der Waals surface area contributed by atoms with Gasteiger partial charge in [0.05, 0.1) is 10.9 Å². The van der Waals surface area contributed by atoms with Crippen LogP contribution in [0.25, 0.3) is 0 Å². The Morgan fingerprint density at radius 2 is 1.14 bits per heavy atom. The first-order valence-corrected chi connectivity index (χ1v) is 7.54. The maximum absolute atomic E-state index is 13.1. The Labute approximate surface area is 135 Å². The number of benzene rings is 3. The van der Waals surface area contributed by atoms with Crippen LogP contribution in [0.15, 0.2) is 84.9 Å². The smallest absolute Gasteiger partial charge is 0.176 e. The summed E-state index contributed by atoms with van der Waals surface area (Å²) in [6.07, 6.45) is 0. The van der Waals surface area contributed by atoms with Crippen molar-refractivity contribution in [2.75, 3.05) is 0 Å². The molecule has 0 N–H and O–H groups in total. The molecule has 0 aliphatic heterocycles. The molecule has 2 heteroatoms. The minimum Gasteiger partial charge on any atom is -0.293 e. The Bertz CT molecular complexity index is 726. The van der Waals surface area contributed by atoms with Crippen LogP contribution in [0.2, 0.25) is 5.02 Å². The Balaban J connectivity index is 2.11. The zero-order valence-corrected chi connectivity index (χ0v) is 12.7. The average molecular weight is 307 g/mol. The van der Waals surface area contributed by atoms with E-state index in [9.17, 15) is 4.79 Å². The van der Waals surface area contributed by atoms with Crippen molar-refractivity contribution in [3.63, 3.8) is 0 Å². The van der Waals surface area contributed by atoms with Gasteiger partial charge in [0.2, 0.25) is 0 Å². The maximum atomic E-state index is 13.1. The van der Waals surface area contributed by atoms with Crippen molar-refractivity contribution < 1.29 is 4.79 Å². The second-order valence-corrected chi connectivity index (χ2v) is 5.51. The molecule has 1 nitrogen and oxygen atoms in total. The number of hydrogen-bond acceptors (Lipinski definition) is 1. The third-order valence-electron chi connectivity index (χ3n) is 3.67. The van der Waals surface area contributed by atoms with Crippen LogP contribution in [0.3, 0.4) is 0 Å². The molecule has 22 heavy (non-hydrogen) atoms. The molecule has 0 aliphatic carbocycles. The monoisotopic (exact) mass is 306 g/mol. The molecular weight excluding hydrogens is 292 g/mol. The minimum atomic E-state index is -0.345. The molecule has 3 rings (SSSR count). The van der Waals surface area contributed by atoms with E-state index in [2.05, 4.69) is 0 Å². The Morgan fingerprint density at radius 3 is 1.64 bits per heavy atom. The summed E-state index contributed by atoms with van der Waals surface area (Å²) in [7, 11) is 0. The van der Waals surface area contributed by atoms with Gasteiger partial charge in [-0.15, -0.1) is 0 Å². The summed E-state index contributed by atoms with van der Waals surface area (Å²) in [5, 5.41) is 0.490. The van der Waals surface area contributed by atoms with Crippen molar-refractivity contribution in [2.24, 2.45) is 0 Å². The molecule has 108 valence electrons. The van der Waals surface area contributed by atoms with Crippen molar-refractivity contribution in [3.8, 4) is 0 Å². The van der Waals surface area contributed by atoms with E-state index in [0.717, 1.165) is 11.1 Å². The van der Waals surface area contributed by atoms with Gasteiger partial charge in [-0.1, -0.05) is 84.4 Å². The van der Waals surface area contributed by atoms with Crippen molar-refractivity contribution in [1.29, 1.82) is 0 Å². The molecule has 0 saturated carbocycles. The molecule has 3 aromatic carbocycles. The molecule has 0 aliphatic rings. The fraction of sp³-hybridized carbons (Fsp3) is 0.0500. The molecule has 0 saturated heterocycles. The summed E-state index contributed by atoms with van der Waals surface area (Å²) in [4.78, 5) is 13.1. The summed E-state index contributed by atoms with van der Waals surface area (Å²) in [6.45, 7) is 0. The van der Waals surface area contributed by atoms with E-state index in [0.29, 0.717) is 10.6 Å². The number of halogens is 1. The number of rotatable bonds is 4. The second-order valence-electron chi connectivity index (χ2n) is 5.10. The first-order chi connectivity index (χ1) is 10.8. The van der Waals surface area contributed by atoms with Crippen molar-refractivity contribution in [2.45, 2.75) is 5.92 Å². The zero-order valence-electron chi connectivity index (χ0n) is 11.9. The fourth-order valence-corrected chi connectivity index (χ4v) is 2.83. The highest BCUT2D eigenvalue weighted by atomic mass is 35.5. The summed E-state index contributed by atoms with van der Waals surface area (Å²) in [5.41, 5.74) is 2.50. The van der Waals surface area contributed by atoms with Crippen LogP contribution in [-0.4, -0.2) is 5.78 Å². The van der Waals surface area contributed by atoms with Crippen LogP contribution < -0.4 is 0 Å². The Hall–Kier alpha value is -2.38. The van der Waals surface area contributed by atoms with E-state index in [1.807, 2.05) is 72.8 Å². The molecule has 0 fully saturated rings. The molecule has 0 radical (unpaired) electrons. The van der Waals surface area contributed by atoms with Gasteiger partial charge in [-0.2, -0.15) is 0 Å². The SMILES string of the molecule is O=C(c1ccccc1Cl)C(c1ccccc1)c1ccccc1. The molecule has 3 aromatic rings. The topological polar surface area (TPSA) is 17.1 Å². The number of Topliss-reactive ketones (excluding diaryl/α,β-unsaturated/α-hetero) is 1. The molecule has 0 atom stereocenters. The lowest BCUT2D eigenvalue weighted by Gasteiger charge is -2.17. The maximum Gasteiger partial charge on any atom is 0.176 e. The first-order valence-electron chi connectivity index (χ1n) is 7.16. The Kier molecular flexibility index (Phi) is 4.36. The molecule has 0 unspecified atom stereocenters. The minimum absolute atomic E-state index is 0.0167. The quantitative estimate of drug-likeness (QED) is 0.593. The van der Waals surface area contributed by atoms with E-state index in [-0.39, 0.29) is 11.7 Å². The van der Waals surface area contributed by atoms with Gasteiger partial charge in [0.25, 0.3) is 0 Å². The van der Waals surface area contributed by atoms with Gasteiger partial charge in [-0.05, 0) is 23.3 Å². The summed E-state index contributed by atoms with van der Waals surface area (Å²) in [5.74, 6) is -0.328. The third-order valence-corrected chi connectivity index (χ3v) is 4.00. The number of ketones is 1. The largest absolute Gasteiger partial charge is 0.293 e. The third kappa shape index (κ3) is 2.95. The molecule has 0 heterocycles.